The number of non-ortho nitro benzene ring substituents is 1. The molecule has 1 heterocycles. The third-order valence-electron chi connectivity index (χ3n) is 3.93. The first-order valence-electron chi connectivity index (χ1n) is 7.53. The fourth-order valence-corrected chi connectivity index (χ4v) is 3.75. The number of amides is 1. The first-order chi connectivity index (χ1) is 10.5. The highest BCUT2D eigenvalue weighted by molar-refractivity contribution is 6.34. The highest BCUT2D eigenvalue weighted by atomic mass is 35.5. The molecule has 1 fully saturated rings. The van der Waals surface area contributed by atoms with Crippen LogP contribution in [0.2, 0.25) is 5.02 Å². The maximum atomic E-state index is 12.5. The van der Waals surface area contributed by atoms with Gasteiger partial charge >= 0.3 is 0 Å². The van der Waals surface area contributed by atoms with Gasteiger partial charge in [0.05, 0.1) is 15.5 Å². The maximum Gasteiger partial charge on any atom is 0.270 e. The van der Waals surface area contributed by atoms with Gasteiger partial charge in [0.1, 0.15) is 0 Å². The van der Waals surface area contributed by atoms with E-state index in [-0.39, 0.29) is 39.3 Å². The summed E-state index contributed by atoms with van der Waals surface area (Å²) in [6.07, 6.45) is 1.60. The van der Waals surface area contributed by atoms with Crippen molar-refractivity contribution < 1.29 is 9.72 Å². The van der Waals surface area contributed by atoms with Crippen LogP contribution in [-0.4, -0.2) is 28.0 Å². The third-order valence-corrected chi connectivity index (χ3v) is 4.25. The third kappa shape index (κ3) is 4.42. The molecule has 1 aromatic carbocycles. The lowest BCUT2D eigenvalue weighted by atomic mass is 9.79. The number of nitro groups is 1. The summed E-state index contributed by atoms with van der Waals surface area (Å²) in [7, 11) is 0. The second kappa shape index (κ2) is 6.09. The largest absolute Gasteiger partial charge is 0.349 e. The molecule has 7 heteroatoms. The zero-order valence-corrected chi connectivity index (χ0v) is 14.5. The molecule has 1 saturated heterocycles. The molecular formula is C16H22ClN3O3. The molecule has 2 N–H and O–H groups in total. The van der Waals surface area contributed by atoms with Gasteiger partial charge in [-0.15, -0.1) is 0 Å². The molecule has 1 aromatic rings. The van der Waals surface area contributed by atoms with E-state index in [1.165, 1.54) is 18.2 Å². The van der Waals surface area contributed by atoms with E-state index in [1.807, 2.05) is 0 Å². The molecule has 6 nitrogen and oxygen atoms in total. The lowest BCUT2D eigenvalue weighted by Gasteiger charge is -2.46. The number of piperidine rings is 1. The van der Waals surface area contributed by atoms with E-state index < -0.39 is 4.92 Å². The van der Waals surface area contributed by atoms with Crippen LogP contribution < -0.4 is 10.6 Å². The smallest absolute Gasteiger partial charge is 0.270 e. The number of nitrogens with one attached hydrogen (secondary N) is 2. The number of carbonyl (C=O) groups excluding carboxylic acids is 1. The van der Waals surface area contributed by atoms with Gasteiger partial charge in [-0.1, -0.05) is 11.6 Å². The first-order valence-corrected chi connectivity index (χ1v) is 7.91. The number of nitro benzene ring substituents is 1. The van der Waals surface area contributed by atoms with Crippen LogP contribution in [0.15, 0.2) is 18.2 Å². The molecule has 0 saturated carbocycles. The highest BCUT2D eigenvalue weighted by Crippen LogP contribution is 2.29. The van der Waals surface area contributed by atoms with Crippen molar-refractivity contribution in [2.75, 3.05) is 0 Å². The van der Waals surface area contributed by atoms with Gasteiger partial charge in [0.2, 0.25) is 0 Å². The highest BCUT2D eigenvalue weighted by Gasteiger charge is 2.38. The summed E-state index contributed by atoms with van der Waals surface area (Å²) in [5.41, 5.74) is -0.0418. The molecule has 0 bridgehead atoms. The van der Waals surface area contributed by atoms with Crippen LogP contribution in [0.1, 0.15) is 50.9 Å². The lowest BCUT2D eigenvalue weighted by Crippen LogP contribution is -2.62. The Balaban J connectivity index is 2.14. The minimum atomic E-state index is -0.536. The SMILES string of the molecule is CC1(C)CC(NC(=O)c2ccc([N+](=O)[O-])cc2Cl)CC(C)(C)N1. The predicted molar refractivity (Wildman–Crippen MR) is 89.9 cm³/mol. The summed E-state index contributed by atoms with van der Waals surface area (Å²) in [5.74, 6) is -0.302. The molecular weight excluding hydrogens is 318 g/mol. The maximum absolute atomic E-state index is 12.5. The first kappa shape index (κ1) is 17.7. The Morgan fingerprint density at radius 1 is 1.30 bits per heavy atom. The minimum absolute atomic E-state index is 0.0139. The summed E-state index contributed by atoms with van der Waals surface area (Å²) < 4.78 is 0. The van der Waals surface area contributed by atoms with Crippen molar-refractivity contribution in [2.45, 2.75) is 57.7 Å². The quantitative estimate of drug-likeness (QED) is 0.653. The second-order valence-electron chi connectivity index (χ2n) is 7.39. The van der Waals surface area contributed by atoms with E-state index in [2.05, 4.69) is 38.3 Å². The molecule has 1 aliphatic rings. The van der Waals surface area contributed by atoms with Gasteiger partial charge in [-0.25, -0.2) is 0 Å². The molecule has 0 aromatic heterocycles. The van der Waals surface area contributed by atoms with Gasteiger partial charge in [0.25, 0.3) is 11.6 Å². The van der Waals surface area contributed by atoms with E-state index in [1.54, 1.807) is 0 Å². The van der Waals surface area contributed by atoms with Crippen molar-refractivity contribution in [1.29, 1.82) is 0 Å². The van der Waals surface area contributed by atoms with Crippen molar-refractivity contribution in [1.82, 2.24) is 10.6 Å². The van der Waals surface area contributed by atoms with Gasteiger partial charge in [0.15, 0.2) is 0 Å². The van der Waals surface area contributed by atoms with Crippen molar-refractivity contribution in [3.63, 3.8) is 0 Å². The topological polar surface area (TPSA) is 84.3 Å². The molecule has 0 unspecified atom stereocenters. The van der Waals surface area contributed by atoms with Crippen LogP contribution in [0.5, 0.6) is 0 Å². The number of benzene rings is 1. The lowest BCUT2D eigenvalue weighted by molar-refractivity contribution is -0.384. The number of hydrogen-bond acceptors (Lipinski definition) is 4. The van der Waals surface area contributed by atoms with Gasteiger partial charge in [0, 0.05) is 29.3 Å². The average Bonchev–Trinajstić information content (AvgIpc) is 2.34. The van der Waals surface area contributed by atoms with E-state index in [0.29, 0.717) is 0 Å². The molecule has 0 atom stereocenters. The van der Waals surface area contributed by atoms with Crippen molar-refractivity contribution >= 4 is 23.2 Å². The van der Waals surface area contributed by atoms with E-state index in [4.69, 9.17) is 11.6 Å². The van der Waals surface area contributed by atoms with Gasteiger partial charge in [-0.05, 0) is 46.6 Å². The van der Waals surface area contributed by atoms with E-state index >= 15 is 0 Å². The number of carbonyl (C=O) groups is 1. The standard InChI is InChI=1S/C16H22ClN3O3/c1-15(2)8-10(9-16(3,4)19-15)18-14(21)12-6-5-11(20(22)23)7-13(12)17/h5-7,10,19H,8-9H2,1-4H3,(H,18,21). The second-order valence-corrected chi connectivity index (χ2v) is 7.80. The van der Waals surface area contributed by atoms with Gasteiger partial charge in [-0.3, -0.25) is 14.9 Å². The molecule has 1 aliphatic heterocycles. The van der Waals surface area contributed by atoms with Gasteiger partial charge in [-0.2, -0.15) is 0 Å². The Labute approximate surface area is 140 Å². The van der Waals surface area contributed by atoms with E-state index in [9.17, 15) is 14.9 Å². The zero-order chi connectivity index (χ0) is 17.4. The van der Waals surface area contributed by atoms with Crippen LogP contribution in [0.3, 0.4) is 0 Å². The van der Waals surface area contributed by atoms with Gasteiger partial charge < -0.3 is 10.6 Å². The molecule has 126 valence electrons. The fraction of sp³-hybridized carbons (Fsp3) is 0.562. The number of nitrogens with zero attached hydrogens (tertiary/aromatic N) is 1. The Hall–Kier alpha value is -1.66. The normalized spacial score (nSPS) is 20.0. The summed E-state index contributed by atoms with van der Waals surface area (Å²) in [5, 5.41) is 17.4. The van der Waals surface area contributed by atoms with Crippen molar-refractivity contribution in [3.8, 4) is 0 Å². The Morgan fingerprint density at radius 3 is 2.35 bits per heavy atom. The Morgan fingerprint density at radius 2 is 1.87 bits per heavy atom. The number of hydrogen-bond donors (Lipinski definition) is 2. The van der Waals surface area contributed by atoms with E-state index in [0.717, 1.165) is 12.8 Å². The molecule has 0 aliphatic carbocycles. The number of halogens is 1. The molecule has 0 radical (unpaired) electrons. The molecule has 0 spiro atoms. The summed E-state index contributed by atoms with van der Waals surface area (Å²) in [6, 6.07) is 3.90. The molecule has 23 heavy (non-hydrogen) atoms. The summed E-state index contributed by atoms with van der Waals surface area (Å²) >= 11 is 6.02. The number of rotatable bonds is 3. The summed E-state index contributed by atoms with van der Waals surface area (Å²) in [6.45, 7) is 8.41. The van der Waals surface area contributed by atoms with Crippen LogP contribution in [-0.2, 0) is 0 Å². The van der Waals surface area contributed by atoms with Crippen molar-refractivity contribution in [2.24, 2.45) is 0 Å². The van der Waals surface area contributed by atoms with Crippen LogP contribution in [0.4, 0.5) is 5.69 Å². The zero-order valence-electron chi connectivity index (χ0n) is 13.8. The monoisotopic (exact) mass is 339 g/mol. The fourth-order valence-electron chi connectivity index (χ4n) is 3.49. The summed E-state index contributed by atoms with van der Waals surface area (Å²) in [4.78, 5) is 22.6. The van der Waals surface area contributed by atoms with Crippen LogP contribution in [0.25, 0.3) is 0 Å². The van der Waals surface area contributed by atoms with Crippen LogP contribution >= 0.6 is 11.6 Å². The Bertz CT molecular complexity index is 627. The average molecular weight is 340 g/mol. The Kier molecular flexibility index (Phi) is 4.69. The molecule has 1 amide bonds. The minimum Gasteiger partial charge on any atom is -0.349 e. The van der Waals surface area contributed by atoms with Crippen LogP contribution in [0, 0.1) is 10.1 Å². The molecule has 2 rings (SSSR count). The van der Waals surface area contributed by atoms with Crippen molar-refractivity contribution in [3.05, 3.63) is 38.9 Å². The predicted octanol–water partition coefficient (Wildman–Crippen LogP) is 3.29.